The third kappa shape index (κ3) is 5.93. The molecule has 0 amide bonds. The molecule has 3 aliphatic heterocycles. The number of hydrogen-bond acceptors (Lipinski definition) is 3. The molecule has 0 saturated carbocycles. The summed E-state index contributed by atoms with van der Waals surface area (Å²) in [6, 6.07) is 79.9. The molecule has 14 rings (SSSR count). The van der Waals surface area contributed by atoms with E-state index in [4.69, 9.17) is 4.42 Å². The van der Waals surface area contributed by atoms with Gasteiger partial charge in [0.15, 0.2) is 0 Å². The first-order valence-electron chi connectivity index (χ1n) is 25.5. The molecule has 0 fully saturated rings. The Kier molecular flexibility index (Phi) is 9.21. The molecule has 0 unspecified atom stereocenters. The number of fused-ring (bicyclic) bond motifs is 10. The number of hydrogen-bond donors (Lipinski definition) is 0. The van der Waals surface area contributed by atoms with Crippen LogP contribution in [0.15, 0.2) is 217 Å². The maximum atomic E-state index is 6.90. The van der Waals surface area contributed by atoms with E-state index in [1.54, 1.807) is 0 Å². The second-order valence-electron chi connectivity index (χ2n) is 21.4. The highest BCUT2D eigenvalue weighted by Crippen LogP contribution is 2.61. The van der Waals surface area contributed by atoms with Crippen LogP contribution in [0.4, 0.5) is 28.4 Å². The van der Waals surface area contributed by atoms with E-state index in [9.17, 15) is 0 Å². The predicted molar refractivity (Wildman–Crippen MR) is 303 cm³/mol. The molecule has 0 N–H and O–H groups in total. The van der Waals surface area contributed by atoms with Crippen LogP contribution in [-0.2, 0) is 10.8 Å². The van der Waals surface area contributed by atoms with Crippen LogP contribution in [0.25, 0.3) is 55.3 Å². The molecule has 72 heavy (non-hydrogen) atoms. The Morgan fingerprint density at radius 3 is 1.82 bits per heavy atom. The molecule has 0 atom stereocenters. The van der Waals surface area contributed by atoms with Crippen molar-refractivity contribution in [3.05, 3.63) is 257 Å². The average Bonchev–Trinajstić information content (AvgIpc) is 3.79. The molecule has 1 aromatic heterocycles. The van der Waals surface area contributed by atoms with Gasteiger partial charge in [0, 0.05) is 44.6 Å². The summed E-state index contributed by atoms with van der Waals surface area (Å²) in [5, 5.41) is 2.27. The highest BCUT2D eigenvalue weighted by Gasteiger charge is 2.54. The van der Waals surface area contributed by atoms with Gasteiger partial charge in [0.05, 0.1) is 11.1 Å². The van der Waals surface area contributed by atoms with Crippen LogP contribution in [0.2, 0.25) is 0 Å². The van der Waals surface area contributed by atoms with Crippen molar-refractivity contribution in [2.45, 2.75) is 52.4 Å². The number of rotatable bonds is 5. The van der Waals surface area contributed by atoms with Gasteiger partial charge in [0.25, 0.3) is 0 Å². The third-order valence-electron chi connectivity index (χ3n) is 16.1. The normalized spacial score (nSPS) is 14.0. The molecule has 0 radical (unpaired) electrons. The number of furan rings is 1. The molecule has 0 bridgehead atoms. The number of benzene rings is 10. The van der Waals surface area contributed by atoms with Gasteiger partial charge in [0.1, 0.15) is 11.2 Å². The number of nitrogens with zero attached hydrogens (tertiary/aromatic N) is 2. The van der Waals surface area contributed by atoms with Crippen LogP contribution in [0, 0.1) is 20.8 Å². The van der Waals surface area contributed by atoms with Crippen molar-refractivity contribution < 1.29 is 4.42 Å². The molecule has 3 aliphatic rings. The van der Waals surface area contributed by atoms with Crippen LogP contribution >= 0.6 is 0 Å². The van der Waals surface area contributed by atoms with Gasteiger partial charge in [-0.3, -0.25) is 0 Å². The van der Waals surface area contributed by atoms with E-state index in [0.29, 0.717) is 0 Å². The van der Waals surface area contributed by atoms with Gasteiger partial charge in [-0.15, -0.1) is 0 Å². The van der Waals surface area contributed by atoms with Crippen LogP contribution in [0.5, 0.6) is 0 Å². The van der Waals surface area contributed by atoms with E-state index in [-0.39, 0.29) is 12.3 Å². The van der Waals surface area contributed by atoms with Gasteiger partial charge in [-0.2, -0.15) is 0 Å². The van der Waals surface area contributed by atoms with Crippen molar-refractivity contribution >= 4 is 68.1 Å². The number of anilines is 5. The molecular formula is C68H53BN2O. The molecule has 0 spiro atoms. The van der Waals surface area contributed by atoms with Crippen LogP contribution in [0.1, 0.15) is 65.3 Å². The largest absolute Gasteiger partial charge is 0.456 e. The molecule has 4 heterocycles. The highest BCUT2D eigenvalue weighted by molar-refractivity contribution is 6.95. The first kappa shape index (κ1) is 42.5. The topological polar surface area (TPSA) is 19.6 Å². The lowest BCUT2D eigenvalue weighted by atomic mass is 9.41. The van der Waals surface area contributed by atoms with Crippen LogP contribution in [-0.4, -0.2) is 6.85 Å². The monoisotopic (exact) mass is 924 g/mol. The molecule has 10 aromatic carbocycles. The van der Waals surface area contributed by atoms with Crippen molar-refractivity contribution in [1.82, 2.24) is 0 Å². The summed E-state index contributed by atoms with van der Waals surface area (Å²) in [4.78, 5) is 5.35. The van der Waals surface area contributed by atoms with Crippen LogP contribution in [0.3, 0.4) is 0 Å². The lowest BCUT2D eigenvalue weighted by Gasteiger charge is -2.53. The second kappa shape index (κ2) is 15.6. The van der Waals surface area contributed by atoms with Gasteiger partial charge < -0.3 is 14.1 Å². The molecular weight excluding hydrogens is 872 g/mol. The Labute approximate surface area is 422 Å². The number of aryl methyl sites for hydroxylation is 3. The maximum absolute atomic E-state index is 6.90. The van der Waals surface area contributed by atoms with Crippen molar-refractivity contribution in [3.8, 4) is 33.4 Å². The maximum Gasteiger partial charge on any atom is 0.333 e. The van der Waals surface area contributed by atoms with Crippen molar-refractivity contribution in [3.63, 3.8) is 0 Å². The smallest absolute Gasteiger partial charge is 0.333 e. The Hall–Kier alpha value is -8.34. The minimum atomic E-state index is -0.625. The fraction of sp³-hybridized carbons (Fsp3) is 0.118. The van der Waals surface area contributed by atoms with Crippen molar-refractivity contribution in [2.75, 3.05) is 9.71 Å². The Balaban J connectivity index is 1.19. The number of para-hydroxylation sites is 3. The first-order valence-corrected chi connectivity index (χ1v) is 25.5. The van der Waals surface area contributed by atoms with Gasteiger partial charge >= 0.3 is 6.85 Å². The molecule has 344 valence electrons. The zero-order valence-electron chi connectivity index (χ0n) is 41.6. The van der Waals surface area contributed by atoms with E-state index in [2.05, 4.69) is 264 Å². The van der Waals surface area contributed by atoms with Gasteiger partial charge in [0.2, 0.25) is 0 Å². The lowest BCUT2D eigenvalue weighted by Crippen LogP contribution is -2.63. The second-order valence-corrected chi connectivity index (χ2v) is 21.4. The summed E-state index contributed by atoms with van der Waals surface area (Å²) < 4.78 is 6.90. The zero-order valence-corrected chi connectivity index (χ0v) is 41.6. The van der Waals surface area contributed by atoms with Crippen LogP contribution < -0.4 is 20.6 Å². The predicted octanol–water partition coefficient (Wildman–Crippen LogP) is 16.5. The SMILES string of the molecule is Cc1cc(C)c(-c2cc3c4c(c2)N(c2ccc(C(C)(C)C)cc2-c2ccccc2)c2ccc5oc6ccccc6c5c2B4N2c4ccccc4C(c4ccccc4)(c4ccccc4)c4cccc-3c42)c(C)c1. The highest BCUT2D eigenvalue weighted by atomic mass is 16.3. The third-order valence-corrected chi connectivity index (χ3v) is 16.1. The van der Waals surface area contributed by atoms with E-state index >= 15 is 0 Å². The summed E-state index contributed by atoms with van der Waals surface area (Å²) in [5.41, 5.74) is 27.0. The lowest BCUT2D eigenvalue weighted by molar-refractivity contribution is 0.590. The minimum absolute atomic E-state index is 0.0633. The first-order chi connectivity index (χ1) is 35.1. The summed E-state index contributed by atoms with van der Waals surface area (Å²) in [6.07, 6.45) is 0. The minimum Gasteiger partial charge on any atom is -0.456 e. The molecule has 0 saturated heterocycles. The fourth-order valence-electron chi connectivity index (χ4n) is 13.3. The van der Waals surface area contributed by atoms with E-state index in [0.717, 1.165) is 33.3 Å². The summed E-state index contributed by atoms with van der Waals surface area (Å²) in [5.74, 6) is 0. The van der Waals surface area contributed by atoms with Gasteiger partial charge in [-0.05, 0) is 147 Å². The Morgan fingerprint density at radius 1 is 0.458 bits per heavy atom. The zero-order chi connectivity index (χ0) is 48.6. The summed E-state index contributed by atoms with van der Waals surface area (Å²) in [7, 11) is 0. The van der Waals surface area contributed by atoms with Gasteiger partial charge in [-0.1, -0.05) is 190 Å². The van der Waals surface area contributed by atoms with E-state index < -0.39 is 5.41 Å². The van der Waals surface area contributed by atoms with E-state index in [1.807, 2.05) is 0 Å². The molecule has 11 aromatic rings. The molecule has 3 nitrogen and oxygen atoms in total. The van der Waals surface area contributed by atoms with Crippen molar-refractivity contribution in [2.24, 2.45) is 0 Å². The standard InChI is InChI=1S/C68H53BN2O/c1-42-37-43(2)62(44(3)38-42)46-39-53-50-28-20-30-55-66(50)71(57-31-18-17-29-54(57)68(55,47-23-12-8-13-24-47)48-25-14-9-15-26-48)69-64(53)59(40-46)70(58-35-36-61-63(65(58)69)51-27-16-19-32-60(51)72-61)56-34-33-49(67(4,5)6)41-52(56)45-21-10-7-11-22-45/h7-41H,1-6H3. The molecule has 0 aliphatic carbocycles. The molecule has 4 heteroatoms. The van der Waals surface area contributed by atoms with Crippen molar-refractivity contribution in [1.29, 1.82) is 0 Å². The quantitative estimate of drug-likeness (QED) is 0.160. The Morgan fingerprint density at radius 2 is 1.10 bits per heavy atom. The summed E-state index contributed by atoms with van der Waals surface area (Å²) >= 11 is 0. The summed E-state index contributed by atoms with van der Waals surface area (Å²) in [6.45, 7) is 13.5. The Bertz CT molecular complexity index is 3950. The fourth-order valence-corrected chi connectivity index (χ4v) is 13.3. The van der Waals surface area contributed by atoms with Gasteiger partial charge in [-0.25, -0.2) is 0 Å². The average molecular weight is 925 g/mol. The van der Waals surface area contributed by atoms with E-state index in [1.165, 1.54) is 106 Å².